The van der Waals surface area contributed by atoms with Crippen LogP contribution in [-0.2, 0) is 0 Å². The summed E-state index contributed by atoms with van der Waals surface area (Å²) in [6, 6.07) is 0.433. The monoisotopic (exact) mass is 190 g/mol. The Bertz CT molecular complexity index is 143. The van der Waals surface area contributed by atoms with Gasteiger partial charge in [0, 0.05) is 11.6 Å². The Labute approximate surface area is 80.7 Å². The number of halogens is 1. The molecule has 1 aliphatic heterocycles. The van der Waals surface area contributed by atoms with Gasteiger partial charge in [-0.05, 0) is 25.8 Å². The highest BCUT2D eigenvalue weighted by molar-refractivity contribution is 5.85. The molecule has 1 heterocycles. The molecule has 0 aromatic rings. The van der Waals surface area contributed by atoms with Crippen molar-refractivity contribution in [1.82, 2.24) is 5.32 Å². The predicted octanol–water partition coefficient (Wildman–Crippen LogP) is 1.43. The van der Waals surface area contributed by atoms with Gasteiger partial charge in [-0.3, -0.25) is 0 Å². The zero-order chi connectivity index (χ0) is 7.73. The molecule has 12 heavy (non-hydrogen) atoms. The van der Waals surface area contributed by atoms with Crippen LogP contribution in [-0.4, -0.2) is 18.1 Å². The van der Waals surface area contributed by atoms with E-state index in [9.17, 15) is 0 Å². The molecule has 1 saturated carbocycles. The summed E-state index contributed by atoms with van der Waals surface area (Å²) in [7, 11) is 0. The lowest BCUT2D eigenvalue weighted by Crippen LogP contribution is -2.52. The van der Waals surface area contributed by atoms with E-state index in [0.717, 1.165) is 6.54 Å². The van der Waals surface area contributed by atoms with Crippen LogP contribution in [0.3, 0.4) is 0 Å². The average Bonchev–Trinajstić information content (AvgIpc) is 2.36. The number of nitrogens with one attached hydrogen (secondary N) is 1. The third-order valence-electron chi connectivity index (χ3n) is 3.39. The minimum Gasteiger partial charge on any atom is -0.326 e. The van der Waals surface area contributed by atoms with Crippen LogP contribution in [0.4, 0.5) is 0 Å². The molecular weight excluding hydrogens is 172 g/mol. The quantitative estimate of drug-likeness (QED) is 0.607. The molecule has 1 atom stereocenters. The van der Waals surface area contributed by atoms with Crippen molar-refractivity contribution in [2.45, 2.75) is 50.1 Å². The van der Waals surface area contributed by atoms with Gasteiger partial charge < -0.3 is 11.1 Å². The second kappa shape index (κ2) is 3.95. The minimum absolute atomic E-state index is 0. The van der Waals surface area contributed by atoms with Crippen molar-refractivity contribution >= 4 is 12.4 Å². The molecule has 3 N–H and O–H groups in total. The fourth-order valence-electron chi connectivity index (χ4n) is 2.61. The van der Waals surface area contributed by atoms with Gasteiger partial charge in [-0.25, -0.2) is 0 Å². The largest absolute Gasteiger partial charge is 0.326 e. The lowest BCUT2D eigenvalue weighted by Gasteiger charge is -2.37. The van der Waals surface area contributed by atoms with E-state index < -0.39 is 0 Å². The van der Waals surface area contributed by atoms with Gasteiger partial charge in [-0.2, -0.15) is 0 Å². The van der Waals surface area contributed by atoms with Gasteiger partial charge >= 0.3 is 0 Å². The van der Waals surface area contributed by atoms with Crippen LogP contribution in [0.2, 0.25) is 0 Å². The van der Waals surface area contributed by atoms with E-state index in [1.54, 1.807) is 0 Å². The fourth-order valence-corrected chi connectivity index (χ4v) is 2.61. The highest BCUT2D eigenvalue weighted by Crippen LogP contribution is 2.34. The Hall–Kier alpha value is 0.210. The normalized spacial score (nSPS) is 33.2. The molecule has 1 unspecified atom stereocenters. The maximum atomic E-state index is 6.08. The van der Waals surface area contributed by atoms with Crippen molar-refractivity contribution in [3.8, 4) is 0 Å². The van der Waals surface area contributed by atoms with Gasteiger partial charge in [0.15, 0.2) is 0 Å². The molecule has 1 saturated heterocycles. The molecule has 72 valence electrons. The first kappa shape index (κ1) is 10.3. The number of hydrogen-bond donors (Lipinski definition) is 2. The van der Waals surface area contributed by atoms with Gasteiger partial charge in [0.05, 0.1) is 0 Å². The van der Waals surface area contributed by atoms with E-state index in [1.165, 1.54) is 38.5 Å². The summed E-state index contributed by atoms with van der Waals surface area (Å²) in [6.07, 6.45) is 7.97. The van der Waals surface area contributed by atoms with Crippen molar-refractivity contribution in [2.24, 2.45) is 5.73 Å². The highest BCUT2D eigenvalue weighted by atomic mass is 35.5. The zero-order valence-corrected chi connectivity index (χ0v) is 8.33. The minimum atomic E-state index is 0. The van der Waals surface area contributed by atoms with Crippen LogP contribution in [0.25, 0.3) is 0 Å². The SMILES string of the molecule is Cl.NC1CCNC12CCCCC2. The summed E-state index contributed by atoms with van der Waals surface area (Å²) in [6.45, 7) is 1.14. The van der Waals surface area contributed by atoms with E-state index in [4.69, 9.17) is 5.73 Å². The van der Waals surface area contributed by atoms with Crippen LogP contribution in [0.5, 0.6) is 0 Å². The van der Waals surface area contributed by atoms with Gasteiger partial charge in [0.1, 0.15) is 0 Å². The Morgan fingerprint density at radius 2 is 1.83 bits per heavy atom. The fraction of sp³-hybridized carbons (Fsp3) is 1.00. The van der Waals surface area contributed by atoms with E-state index in [2.05, 4.69) is 5.32 Å². The van der Waals surface area contributed by atoms with Gasteiger partial charge in [-0.15, -0.1) is 12.4 Å². The Kier molecular flexibility index (Phi) is 3.38. The Morgan fingerprint density at radius 3 is 2.33 bits per heavy atom. The lowest BCUT2D eigenvalue weighted by molar-refractivity contribution is 0.239. The molecule has 2 aliphatic rings. The summed E-state index contributed by atoms with van der Waals surface area (Å²) >= 11 is 0. The second-order valence-electron chi connectivity index (χ2n) is 4.04. The van der Waals surface area contributed by atoms with Gasteiger partial charge in [-0.1, -0.05) is 19.3 Å². The molecule has 2 nitrogen and oxygen atoms in total. The summed E-state index contributed by atoms with van der Waals surface area (Å²) in [5.41, 5.74) is 6.44. The first-order valence-electron chi connectivity index (χ1n) is 4.84. The highest BCUT2D eigenvalue weighted by Gasteiger charge is 2.40. The standard InChI is InChI=1S/C9H18N2.ClH/c10-8-4-7-11-9(8)5-2-1-3-6-9;/h8,11H,1-7,10H2;1H. The topological polar surface area (TPSA) is 38.0 Å². The molecule has 0 radical (unpaired) electrons. The predicted molar refractivity (Wildman–Crippen MR) is 53.7 cm³/mol. The number of rotatable bonds is 0. The molecule has 1 spiro atoms. The van der Waals surface area contributed by atoms with E-state index in [0.29, 0.717) is 11.6 Å². The third-order valence-corrected chi connectivity index (χ3v) is 3.39. The molecule has 2 fully saturated rings. The summed E-state index contributed by atoms with van der Waals surface area (Å²) in [4.78, 5) is 0. The average molecular weight is 191 g/mol. The summed E-state index contributed by atoms with van der Waals surface area (Å²) < 4.78 is 0. The van der Waals surface area contributed by atoms with Crippen LogP contribution < -0.4 is 11.1 Å². The van der Waals surface area contributed by atoms with Crippen molar-refractivity contribution in [1.29, 1.82) is 0 Å². The second-order valence-corrected chi connectivity index (χ2v) is 4.04. The molecule has 1 aliphatic carbocycles. The van der Waals surface area contributed by atoms with Crippen LogP contribution >= 0.6 is 12.4 Å². The molecular formula is C9H19ClN2. The molecule has 0 amide bonds. The molecule has 3 heteroatoms. The van der Waals surface area contributed by atoms with E-state index in [-0.39, 0.29) is 12.4 Å². The lowest BCUT2D eigenvalue weighted by atomic mass is 9.78. The van der Waals surface area contributed by atoms with Crippen molar-refractivity contribution < 1.29 is 0 Å². The van der Waals surface area contributed by atoms with Gasteiger partial charge in [0.25, 0.3) is 0 Å². The van der Waals surface area contributed by atoms with Crippen LogP contribution in [0.1, 0.15) is 38.5 Å². The zero-order valence-electron chi connectivity index (χ0n) is 7.51. The molecule has 2 rings (SSSR count). The third kappa shape index (κ3) is 1.61. The Morgan fingerprint density at radius 1 is 1.17 bits per heavy atom. The maximum Gasteiger partial charge on any atom is 0.0333 e. The summed E-state index contributed by atoms with van der Waals surface area (Å²) in [5, 5.41) is 3.60. The maximum absolute atomic E-state index is 6.08. The van der Waals surface area contributed by atoms with Gasteiger partial charge in [0.2, 0.25) is 0 Å². The first-order valence-corrected chi connectivity index (χ1v) is 4.84. The van der Waals surface area contributed by atoms with E-state index in [1.807, 2.05) is 0 Å². The number of nitrogens with two attached hydrogens (primary N) is 1. The van der Waals surface area contributed by atoms with Crippen molar-refractivity contribution in [3.05, 3.63) is 0 Å². The Balaban J connectivity index is 0.000000720. The first-order chi connectivity index (χ1) is 5.33. The van der Waals surface area contributed by atoms with Crippen molar-refractivity contribution in [2.75, 3.05) is 6.54 Å². The molecule has 0 bridgehead atoms. The van der Waals surface area contributed by atoms with Crippen LogP contribution in [0.15, 0.2) is 0 Å². The summed E-state index contributed by atoms with van der Waals surface area (Å²) in [5.74, 6) is 0. The van der Waals surface area contributed by atoms with Crippen LogP contribution in [0, 0.1) is 0 Å². The smallest absolute Gasteiger partial charge is 0.0333 e. The van der Waals surface area contributed by atoms with Crippen molar-refractivity contribution in [3.63, 3.8) is 0 Å². The number of hydrogen-bond acceptors (Lipinski definition) is 2. The molecule has 0 aromatic carbocycles. The molecule has 0 aromatic heterocycles. The van der Waals surface area contributed by atoms with E-state index >= 15 is 0 Å².